The van der Waals surface area contributed by atoms with Gasteiger partial charge < -0.3 is 29.2 Å². The predicted octanol–water partition coefficient (Wildman–Crippen LogP) is 4.80. The Kier molecular flexibility index (Phi) is 7.74. The maximum absolute atomic E-state index is 13.6. The summed E-state index contributed by atoms with van der Waals surface area (Å²) in [4.78, 5) is 43.0. The fraction of sp³-hybridized carbons (Fsp3) is 0.567. The molecule has 0 spiro atoms. The van der Waals surface area contributed by atoms with Crippen LogP contribution in [0.3, 0.4) is 0 Å². The van der Waals surface area contributed by atoms with Crippen LogP contribution in [0.2, 0.25) is 0 Å². The molecule has 1 aliphatic carbocycles. The molecule has 0 saturated carbocycles. The van der Waals surface area contributed by atoms with Crippen LogP contribution < -0.4 is 5.32 Å². The number of ketones is 1. The SMILES string of the molecule is CC1N(COC(=O)C(NC(=O)OC(C)(C)C)C(C)(C)C)C=CN1CC1CCc2c(c3ccccc3n2C)C1=O. The molecule has 2 aliphatic rings. The van der Waals surface area contributed by atoms with Crippen LogP contribution in [0.1, 0.15) is 70.9 Å². The molecule has 3 atom stereocenters. The molecule has 0 radical (unpaired) electrons. The van der Waals surface area contributed by atoms with Crippen LogP contribution in [0.25, 0.3) is 10.9 Å². The van der Waals surface area contributed by atoms with Crippen molar-refractivity contribution in [3.63, 3.8) is 0 Å². The average molecular weight is 539 g/mol. The Bertz CT molecular complexity index is 1280. The minimum absolute atomic E-state index is 0.0294. The number of esters is 1. The Hall–Kier alpha value is -3.49. The molecule has 1 aliphatic heterocycles. The lowest BCUT2D eigenvalue weighted by molar-refractivity contribution is -0.154. The minimum Gasteiger partial charge on any atom is -0.444 e. The van der Waals surface area contributed by atoms with E-state index in [1.165, 1.54) is 0 Å². The van der Waals surface area contributed by atoms with Crippen molar-refractivity contribution in [3.8, 4) is 0 Å². The number of Topliss-reactive ketones (excluding diaryl/α,β-unsaturated/α-hetero) is 1. The lowest BCUT2D eigenvalue weighted by Gasteiger charge is -2.34. The van der Waals surface area contributed by atoms with Crippen LogP contribution in [-0.2, 0) is 27.7 Å². The van der Waals surface area contributed by atoms with E-state index in [1.807, 2.05) is 70.2 Å². The van der Waals surface area contributed by atoms with Gasteiger partial charge >= 0.3 is 12.1 Å². The van der Waals surface area contributed by atoms with Crippen molar-refractivity contribution >= 4 is 28.7 Å². The van der Waals surface area contributed by atoms with Crippen LogP contribution in [-0.4, -0.2) is 63.3 Å². The smallest absolute Gasteiger partial charge is 0.408 e. The van der Waals surface area contributed by atoms with E-state index < -0.39 is 29.1 Å². The van der Waals surface area contributed by atoms with Gasteiger partial charge in [-0.25, -0.2) is 9.59 Å². The molecule has 0 fully saturated rings. The highest BCUT2D eigenvalue weighted by atomic mass is 16.6. The molecule has 39 heavy (non-hydrogen) atoms. The van der Waals surface area contributed by atoms with E-state index in [2.05, 4.69) is 20.9 Å². The zero-order valence-corrected chi connectivity index (χ0v) is 24.4. The summed E-state index contributed by atoms with van der Waals surface area (Å²) in [6.45, 7) is 13.5. The molecule has 1 aromatic heterocycles. The van der Waals surface area contributed by atoms with E-state index in [4.69, 9.17) is 9.47 Å². The van der Waals surface area contributed by atoms with Crippen molar-refractivity contribution in [1.82, 2.24) is 19.7 Å². The molecule has 0 bridgehead atoms. The quantitative estimate of drug-likeness (QED) is 0.528. The number of amides is 1. The molecule has 2 heterocycles. The Labute approximate surface area is 231 Å². The highest BCUT2D eigenvalue weighted by Crippen LogP contribution is 2.34. The molecule has 9 nitrogen and oxygen atoms in total. The Balaban J connectivity index is 1.36. The molecular weight excluding hydrogens is 496 g/mol. The summed E-state index contributed by atoms with van der Waals surface area (Å²) in [7, 11) is 2.03. The fourth-order valence-electron chi connectivity index (χ4n) is 5.34. The number of ether oxygens (including phenoxy) is 2. The van der Waals surface area contributed by atoms with E-state index in [0.717, 1.165) is 35.0 Å². The Morgan fingerprint density at radius 2 is 1.74 bits per heavy atom. The third kappa shape index (κ3) is 6.07. The predicted molar refractivity (Wildman–Crippen MR) is 150 cm³/mol. The first kappa shape index (κ1) is 28.5. The summed E-state index contributed by atoms with van der Waals surface area (Å²) in [5, 5.41) is 3.69. The van der Waals surface area contributed by atoms with Crippen molar-refractivity contribution in [2.24, 2.45) is 18.4 Å². The number of carbonyl (C=O) groups is 3. The van der Waals surface area contributed by atoms with Gasteiger partial charge in [-0.15, -0.1) is 0 Å². The Morgan fingerprint density at radius 3 is 2.41 bits per heavy atom. The summed E-state index contributed by atoms with van der Waals surface area (Å²) in [5.41, 5.74) is 1.81. The van der Waals surface area contributed by atoms with E-state index in [1.54, 1.807) is 20.8 Å². The summed E-state index contributed by atoms with van der Waals surface area (Å²) < 4.78 is 13.1. The van der Waals surface area contributed by atoms with Gasteiger partial charge in [0.1, 0.15) is 17.8 Å². The Morgan fingerprint density at radius 1 is 1.08 bits per heavy atom. The number of aromatic nitrogens is 1. The van der Waals surface area contributed by atoms with Crippen LogP contribution >= 0.6 is 0 Å². The highest BCUT2D eigenvalue weighted by Gasteiger charge is 2.37. The second-order valence-corrected chi connectivity index (χ2v) is 12.7. The molecule has 1 N–H and O–H groups in total. The third-order valence-electron chi connectivity index (χ3n) is 7.53. The van der Waals surface area contributed by atoms with Gasteiger partial charge in [0.2, 0.25) is 0 Å². The first-order chi connectivity index (χ1) is 18.2. The number of benzene rings is 1. The second-order valence-electron chi connectivity index (χ2n) is 12.7. The second kappa shape index (κ2) is 10.6. The number of aryl methyl sites for hydroxylation is 1. The number of hydrogen-bond acceptors (Lipinski definition) is 7. The lowest BCUT2D eigenvalue weighted by Crippen LogP contribution is -2.52. The van der Waals surface area contributed by atoms with Crippen molar-refractivity contribution in [1.29, 1.82) is 0 Å². The average Bonchev–Trinajstić information content (AvgIpc) is 3.33. The van der Waals surface area contributed by atoms with Gasteiger partial charge in [0.15, 0.2) is 12.5 Å². The van der Waals surface area contributed by atoms with Gasteiger partial charge in [0.05, 0.1) is 0 Å². The summed E-state index contributed by atoms with van der Waals surface area (Å²) in [6.07, 6.45) is 4.74. The maximum Gasteiger partial charge on any atom is 0.408 e. The molecule has 4 rings (SSSR count). The van der Waals surface area contributed by atoms with E-state index in [0.29, 0.717) is 6.54 Å². The highest BCUT2D eigenvalue weighted by molar-refractivity contribution is 6.11. The van der Waals surface area contributed by atoms with Crippen molar-refractivity contribution in [2.45, 2.75) is 79.1 Å². The molecule has 1 aromatic carbocycles. The molecule has 212 valence electrons. The number of carbonyl (C=O) groups excluding carboxylic acids is 3. The van der Waals surface area contributed by atoms with E-state index in [9.17, 15) is 14.4 Å². The number of fused-ring (bicyclic) bond motifs is 3. The maximum atomic E-state index is 13.6. The third-order valence-corrected chi connectivity index (χ3v) is 7.53. The van der Waals surface area contributed by atoms with Gasteiger partial charge in [0.25, 0.3) is 0 Å². The number of rotatable bonds is 6. The molecule has 3 unspecified atom stereocenters. The normalized spacial score (nSPS) is 20.3. The zero-order chi connectivity index (χ0) is 28.7. The molecule has 0 saturated heterocycles. The van der Waals surface area contributed by atoms with Crippen LogP contribution in [0, 0.1) is 11.3 Å². The molecule has 9 heteroatoms. The first-order valence-electron chi connectivity index (χ1n) is 13.6. The number of nitrogens with one attached hydrogen (secondary N) is 1. The monoisotopic (exact) mass is 538 g/mol. The van der Waals surface area contributed by atoms with Crippen molar-refractivity contribution in [2.75, 3.05) is 13.3 Å². The summed E-state index contributed by atoms with van der Waals surface area (Å²) >= 11 is 0. The minimum atomic E-state index is -0.875. The largest absolute Gasteiger partial charge is 0.444 e. The van der Waals surface area contributed by atoms with Crippen LogP contribution in [0.4, 0.5) is 4.79 Å². The van der Waals surface area contributed by atoms with Crippen molar-refractivity contribution < 1.29 is 23.9 Å². The number of para-hydroxylation sites is 1. The van der Waals surface area contributed by atoms with Gasteiger partial charge in [-0.3, -0.25) is 4.79 Å². The number of hydrogen-bond donors (Lipinski definition) is 1. The van der Waals surface area contributed by atoms with Gasteiger partial charge in [-0.1, -0.05) is 39.0 Å². The van der Waals surface area contributed by atoms with E-state index in [-0.39, 0.29) is 24.6 Å². The lowest BCUT2D eigenvalue weighted by atomic mass is 9.84. The van der Waals surface area contributed by atoms with Crippen LogP contribution in [0.15, 0.2) is 36.7 Å². The van der Waals surface area contributed by atoms with Gasteiger partial charge in [-0.2, -0.15) is 0 Å². The number of nitrogens with zero attached hydrogens (tertiary/aromatic N) is 3. The molecule has 1 amide bonds. The first-order valence-corrected chi connectivity index (χ1v) is 13.6. The number of alkyl carbamates (subject to hydrolysis) is 1. The van der Waals surface area contributed by atoms with Crippen LogP contribution in [0.5, 0.6) is 0 Å². The van der Waals surface area contributed by atoms with Gasteiger partial charge in [-0.05, 0) is 52.0 Å². The van der Waals surface area contributed by atoms with Gasteiger partial charge in [0, 0.05) is 54.1 Å². The summed E-state index contributed by atoms with van der Waals surface area (Å²) in [6, 6.07) is 7.21. The molecule has 2 aromatic rings. The molecular formula is C30H42N4O5. The zero-order valence-electron chi connectivity index (χ0n) is 24.4. The topological polar surface area (TPSA) is 93.1 Å². The fourth-order valence-corrected chi connectivity index (χ4v) is 5.34. The van der Waals surface area contributed by atoms with Crippen molar-refractivity contribution in [3.05, 3.63) is 47.9 Å². The van der Waals surface area contributed by atoms with E-state index >= 15 is 0 Å². The summed E-state index contributed by atoms with van der Waals surface area (Å²) in [5.74, 6) is -0.445. The standard InChI is InChI=1S/C30H42N4O5/c1-19-33(17-20-13-14-23-24(25(20)35)21-11-9-10-12-22(21)32(23)8)15-16-34(19)18-38-27(36)26(29(2,3)4)31-28(37)39-30(5,6)7/h9-12,15-16,19-20,26H,13-14,17-18H2,1-8H3,(H,31,37).